The fourth-order valence-electron chi connectivity index (χ4n) is 1.92. The number of aryl methyl sites for hydroxylation is 2. The van der Waals surface area contributed by atoms with Gasteiger partial charge in [0.1, 0.15) is 0 Å². The standard InChI is InChI=1S/C13H18N4/c1-4-15-13(12-8-17(3)9-16-12)11-5-10(2)6-14-7-11/h5-9,13,15H,4H2,1-3H3. The first-order chi connectivity index (χ1) is 8.20. The van der Waals surface area contributed by atoms with Crippen LogP contribution in [0.15, 0.2) is 31.0 Å². The van der Waals surface area contributed by atoms with Gasteiger partial charge in [0.05, 0.1) is 18.1 Å². The van der Waals surface area contributed by atoms with E-state index in [2.05, 4.69) is 35.2 Å². The van der Waals surface area contributed by atoms with Crippen molar-refractivity contribution in [1.82, 2.24) is 19.9 Å². The lowest BCUT2D eigenvalue weighted by Gasteiger charge is -2.16. The van der Waals surface area contributed by atoms with E-state index in [0.717, 1.165) is 17.8 Å². The van der Waals surface area contributed by atoms with Gasteiger partial charge >= 0.3 is 0 Å². The molecule has 0 aromatic carbocycles. The molecule has 0 saturated heterocycles. The Morgan fingerprint density at radius 1 is 1.41 bits per heavy atom. The van der Waals surface area contributed by atoms with Crippen LogP contribution in [-0.4, -0.2) is 21.1 Å². The molecule has 0 bridgehead atoms. The summed E-state index contributed by atoms with van der Waals surface area (Å²) < 4.78 is 1.96. The van der Waals surface area contributed by atoms with Crippen LogP contribution < -0.4 is 5.32 Å². The quantitative estimate of drug-likeness (QED) is 0.871. The molecule has 4 nitrogen and oxygen atoms in total. The molecule has 17 heavy (non-hydrogen) atoms. The van der Waals surface area contributed by atoms with Gasteiger partial charge in [0.25, 0.3) is 0 Å². The average Bonchev–Trinajstić information content (AvgIpc) is 2.72. The summed E-state index contributed by atoms with van der Waals surface area (Å²) in [4.78, 5) is 8.66. The summed E-state index contributed by atoms with van der Waals surface area (Å²) >= 11 is 0. The van der Waals surface area contributed by atoms with E-state index >= 15 is 0 Å². The second-order valence-electron chi connectivity index (χ2n) is 4.25. The average molecular weight is 230 g/mol. The molecule has 90 valence electrons. The van der Waals surface area contributed by atoms with Gasteiger partial charge in [-0.15, -0.1) is 0 Å². The van der Waals surface area contributed by atoms with E-state index in [1.165, 1.54) is 5.56 Å². The largest absolute Gasteiger partial charge is 0.340 e. The summed E-state index contributed by atoms with van der Waals surface area (Å²) in [7, 11) is 1.98. The first-order valence-corrected chi connectivity index (χ1v) is 5.83. The van der Waals surface area contributed by atoms with Crippen LogP contribution >= 0.6 is 0 Å². The fraction of sp³-hybridized carbons (Fsp3) is 0.385. The molecular formula is C13H18N4. The van der Waals surface area contributed by atoms with Gasteiger partial charge in [0, 0.05) is 25.6 Å². The van der Waals surface area contributed by atoms with Crippen LogP contribution in [0, 0.1) is 6.92 Å². The summed E-state index contributed by atoms with van der Waals surface area (Å²) in [5.41, 5.74) is 3.36. The van der Waals surface area contributed by atoms with Gasteiger partial charge in [0.2, 0.25) is 0 Å². The lowest BCUT2D eigenvalue weighted by molar-refractivity contribution is 0.615. The summed E-state index contributed by atoms with van der Waals surface area (Å²) in [5.74, 6) is 0. The molecule has 1 N–H and O–H groups in total. The molecule has 2 aromatic heterocycles. The van der Waals surface area contributed by atoms with E-state index in [1.54, 1.807) is 0 Å². The number of imidazole rings is 1. The molecule has 0 amide bonds. The summed E-state index contributed by atoms with van der Waals surface area (Å²) in [6.45, 7) is 5.05. The number of nitrogens with zero attached hydrogens (tertiary/aromatic N) is 3. The Kier molecular flexibility index (Phi) is 3.54. The van der Waals surface area contributed by atoms with Crippen molar-refractivity contribution in [3.05, 3.63) is 47.8 Å². The zero-order valence-corrected chi connectivity index (χ0v) is 10.5. The maximum Gasteiger partial charge on any atom is 0.0947 e. The summed E-state index contributed by atoms with van der Waals surface area (Å²) in [6.07, 6.45) is 7.62. The molecule has 2 heterocycles. The van der Waals surface area contributed by atoms with E-state index in [1.807, 2.05) is 36.5 Å². The highest BCUT2D eigenvalue weighted by atomic mass is 15.0. The van der Waals surface area contributed by atoms with Crippen LogP contribution in [0.25, 0.3) is 0 Å². The smallest absolute Gasteiger partial charge is 0.0947 e. The first-order valence-electron chi connectivity index (χ1n) is 5.83. The van der Waals surface area contributed by atoms with Crippen molar-refractivity contribution in [1.29, 1.82) is 0 Å². The predicted molar refractivity (Wildman–Crippen MR) is 67.7 cm³/mol. The zero-order chi connectivity index (χ0) is 12.3. The SMILES string of the molecule is CCNC(c1cncc(C)c1)c1cn(C)cn1. The number of hydrogen-bond acceptors (Lipinski definition) is 3. The molecule has 0 radical (unpaired) electrons. The van der Waals surface area contributed by atoms with Gasteiger partial charge < -0.3 is 9.88 Å². The first kappa shape index (κ1) is 11.8. The van der Waals surface area contributed by atoms with Gasteiger partial charge in [-0.05, 0) is 24.6 Å². The Morgan fingerprint density at radius 2 is 2.24 bits per heavy atom. The zero-order valence-electron chi connectivity index (χ0n) is 10.5. The molecule has 1 unspecified atom stereocenters. The second-order valence-corrected chi connectivity index (χ2v) is 4.25. The number of hydrogen-bond donors (Lipinski definition) is 1. The lowest BCUT2D eigenvalue weighted by Crippen LogP contribution is -2.22. The molecule has 0 aliphatic heterocycles. The Balaban J connectivity index is 2.35. The third kappa shape index (κ3) is 2.71. The van der Waals surface area contributed by atoms with Crippen LogP contribution in [0.4, 0.5) is 0 Å². The van der Waals surface area contributed by atoms with Crippen LogP contribution in [0.3, 0.4) is 0 Å². The molecule has 4 heteroatoms. The molecule has 0 saturated carbocycles. The normalized spacial score (nSPS) is 12.6. The molecule has 2 rings (SSSR count). The maximum atomic E-state index is 4.41. The molecule has 2 aromatic rings. The lowest BCUT2D eigenvalue weighted by atomic mass is 10.1. The van der Waals surface area contributed by atoms with Crippen molar-refractivity contribution in [2.75, 3.05) is 6.54 Å². The van der Waals surface area contributed by atoms with E-state index in [9.17, 15) is 0 Å². The number of pyridine rings is 1. The Hall–Kier alpha value is -1.68. The number of rotatable bonds is 4. The van der Waals surface area contributed by atoms with E-state index in [-0.39, 0.29) is 6.04 Å². The highest BCUT2D eigenvalue weighted by molar-refractivity contribution is 5.27. The molecule has 0 spiro atoms. The van der Waals surface area contributed by atoms with Crippen molar-refractivity contribution < 1.29 is 0 Å². The highest BCUT2D eigenvalue weighted by Gasteiger charge is 2.15. The topological polar surface area (TPSA) is 42.7 Å². The minimum Gasteiger partial charge on any atom is -0.340 e. The third-order valence-corrected chi connectivity index (χ3v) is 2.66. The minimum absolute atomic E-state index is 0.119. The predicted octanol–water partition coefficient (Wildman–Crippen LogP) is 1.82. The van der Waals surface area contributed by atoms with E-state index in [4.69, 9.17) is 0 Å². The van der Waals surface area contributed by atoms with Gasteiger partial charge in [-0.1, -0.05) is 13.0 Å². The molecule has 0 fully saturated rings. The molecule has 0 aliphatic rings. The summed E-state index contributed by atoms with van der Waals surface area (Å²) in [5, 5.41) is 3.44. The van der Waals surface area contributed by atoms with Crippen molar-refractivity contribution in [3.8, 4) is 0 Å². The Labute approximate surface area is 102 Å². The molecular weight excluding hydrogens is 212 g/mol. The summed E-state index contributed by atoms with van der Waals surface area (Å²) in [6, 6.07) is 2.27. The Morgan fingerprint density at radius 3 is 2.82 bits per heavy atom. The van der Waals surface area contributed by atoms with E-state index < -0.39 is 0 Å². The van der Waals surface area contributed by atoms with Crippen LogP contribution in [-0.2, 0) is 7.05 Å². The van der Waals surface area contributed by atoms with Gasteiger partial charge in [-0.3, -0.25) is 4.98 Å². The van der Waals surface area contributed by atoms with Crippen molar-refractivity contribution in [2.24, 2.45) is 7.05 Å². The van der Waals surface area contributed by atoms with Gasteiger partial charge in [-0.25, -0.2) is 4.98 Å². The van der Waals surface area contributed by atoms with Gasteiger partial charge in [0.15, 0.2) is 0 Å². The molecule has 0 aliphatic carbocycles. The van der Waals surface area contributed by atoms with E-state index in [0.29, 0.717) is 0 Å². The monoisotopic (exact) mass is 230 g/mol. The molecule has 1 atom stereocenters. The highest BCUT2D eigenvalue weighted by Crippen LogP contribution is 2.20. The van der Waals surface area contributed by atoms with Crippen LogP contribution in [0.1, 0.15) is 29.8 Å². The van der Waals surface area contributed by atoms with Gasteiger partial charge in [-0.2, -0.15) is 0 Å². The maximum absolute atomic E-state index is 4.41. The van der Waals surface area contributed by atoms with Crippen molar-refractivity contribution in [2.45, 2.75) is 19.9 Å². The minimum atomic E-state index is 0.119. The third-order valence-electron chi connectivity index (χ3n) is 2.66. The van der Waals surface area contributed by atoms with Crippen LogP contribution in [0.5, 0.6) is 0 Å². The number of nitrogens with one attached hydrogen (secondary N) is 1. The fourth-order valence-corrected chi connectivity index (χ4v) is 1.92. The number of aromatic nitrogens is 3. The Bertz CT molecular complexity index is 490. The second kappa shape index (κ2) is 5.10. The van der Waals surface area contributed by atoms with Crippen LogP contribution in [0.2, 0.25) is 0 Å². The van der Waals surface area contributed by atoms with Crippen molar-refractivity contribution >= 4 is 0 Å². The van der Waals surface area contributed by atoms with Crippen molar-refractivity contribution in [3.63, 3.8) is 0 Å².